The van der Waals surface area contributed by atoms with Crippen LogP contribution in [0.25, 0.3) is 11.8 Å². The van der Waals surface area contributed by atoms with Crippen LogP contribution in [-0.2, 0) is 27.4 Å². The predicted octanol–water partition coefficient (Wildman–Crippen LogP) is 5.57. The molecule has 224 valence electrons. The molecule has 0 radical (unpaired) electrons. The molecule has 8 nitrogen and oxygen atoms in total. The van der Waals surface area contributed by atoms with Crippen LogP contribution < -0.4 is 0 Å². The minimum absolute atomic E-state index is 0.0207. The zero-order valence-corrected chi connectivity index (χ0v) is 24.1. The number of Topliss-reactive ketones (excluding diaryl/α,β-unsaturated/α-hetero) is 1. The highest BCUT2D eigenvalue weighted by atomic mass is 32.2. The lowest BCUT2D eigenvalue weighted by Crippen LogP contribution is -2.53. The van der Waals surface area contributed by atoms with Crippen LogP contribution in [0.1, 0.15) is 37.2 Å². The number of allylic oxidation sites excluding steroid dienone is 4. The Bertz CT molecular complexity index is 1810. The maximum Gasteiger partial charge on any atom is 0.433 e. The monoisotopic (exact) mass is 613 g/mol. The van der Waals surface area contributed by atoms with Crippen LogP contribution in [0.15, 0.2) is 87.7 Å². The van der Waals surface area contributed by atoms with E-state index in [1.165, 1.54) is 12.1 Å². The van der Waals surface area contributed by atoms with Gasteiger partial charge in [-0.15, -0.1) is 0 Å². The number of ketones is 1. The van der Waals surface area contributed by atoms with Gasteiger partial charge in [0.25, 0.3) is 10.0 Å². The van der Waals surface area contributed by atoms with Crippen molar-refractivity contribution >= 4 is 28.6 Å². The first kappa shape index (κ1) is 30.2. The van der Waals surface area contributed by atoms with Crippen LogP contribution in [-0.4, -0.2) is 53.1 Å². The minimum atomic E-state index is -4.84. The zero-order valence-electron chi connectivity index (χ0n) is 23.3. The Morgan fingerprint density at radius 3 is 2.53 bits per heavy atom. The van der Waals surface area contributed by atoms with Crippen LogP contribution in [0.3, 0.4) is 0 Å². The fourth-order valence-electron chi connectivity index (χ4n) is 5.38. The third kappa shape index (κ3) is 5.50. The Morgan fingerprint density at radius 2 is 1.88 bits per heavy atom. The van der Waals surface area contributed by atoms with Crippen molar-refractivity contribution in [3.63, 3.8) is 0 Å². The number of fused-ring (bicyclic) bond motifs is 2. The molecule has 0 spiro atoms. The number of piperidine rings is 1. The molecule has 0 N–H and O–H groups in total. The van der Waals surface area contributed by atoms with Gasteiger partial charge >= 0.3 is 6.18 Å². The predicted molar refractivity (Wildman–Crippen MR) is 152 cm³/mol. The van der Waals surface area contributed by atoms with Crippen LogP contribution in [0.5, 0.6) is 0 Å². The highest BCUT2D eigenvalue weighted by molar-refractivity contribution is 7.89. The number of sulfonamides is 1. The molecule has 1 aliphatic carbocycles. The lowest BCUT2D eigenvalue weighted by atomic mass is 9.65. The standard InChI is InChI=1S/C30H27F4N5O3S/c1-4-19(2)14-24(35-3)28(40)29-16-20-17-36-39(23-10-8-22(31)9-11-23)25(20)15-21(29)12-13-38(18-29)43(41,42)27-7-5-6-26(37-27)30(32,33)34/h4-11,14-15,17H,3,12-13,16,18H2,1-2H3/b19-4-,24-14-/t29-/m0/s1. The molecule has 1 fully saturated rings. The van der Waals surface area contributed by atoms with Crippen LogP contribution in [0, 0.1) is 11.2 Å². The Labute approximate surface area is 245 Å². The number of aromatic nitrogens is 3. The van der Waals surface area contributed by atoms with Crippen molar-refractivity contribution in [1.29, 1.82) is 0 Å². The highest BCUT2D eigenvalue weighted by Crippen LogP contribution is 2.47. The number of pyridine rings is 1. The molecule has 0 saturated carbocycles. The molecular weight excluding hydrogens is 586 g/mol. The minimum Gasteiger partial charge on any atom is -0.291 e. The maximum atomic E-state index is 14.3. The van der Waals surface area contributed by atoms with Gasteiger partial charge in [-0.1, -0.05) is 23.3 Å². The number of nitrogens with zero attached hydrogens (tertiary/aromatic N) is 5. The average Bonchev–Trinajstić information content (AvgIpc) is 3.40. The number of rotatable bonds is 7. The van der Waals surface area contributed by atoms with Gasteiger partial charge in [0.2, 0.25) is 0 Å². The number of hydrogen-bond donors (Lipinski definition) is 0. The molecule has 5 rings (SSSR count). The molecule has 1 aliphatic heterocycles. The van der Waals surface area contributed by atoms with Gasteiger partial charge in [0.15, 0.2) is 10.8 Å². The van der Waals surface area contributed by atoms with Crippen molar-refractivity contribution in [3.8, 4) is 5.69 Å². The summed E-state index contributed by atoms with van der Waals surface area (Å²) < 4.78 is 83.6. The Balaban J connectivity index is 1.62. The lowest BCUT2D eigenvalue weighted by molar-refractivity contribution is -0.141. The smallest absolute Gasteiger partial charge is 0.291 e. The Hall–Kier alpha value is -4.23. The molecule has 3 aromatic rings. The molecule has 1 aromatic carbocycles. The largest absolute Gasteiger partial charge is 0.433 e. The number of carbonyl (C=O) groups excluding carboxylic acids is 1. The molecule has 1 atom stereocenters. The van der Waals surface area contributed by atoms with Crippen LogP contribution >= 0.6 is 0 Å². The van der Waals surface area contributed by atoms with E-state index < -0.39 is 43.9 Å². The molecule has 43 heavy (non-hydrogen) atoms. The average molecular weight is 614 g/mol. The normalized spacial score (nSPS) is 19.8. The van der Waals surface area contributed by atoms with E-state index in [4.69, 9.17) is 0 Å². The molecular formula is C30H27F4N5O3S. The molecule has 13 heteroatoms. The summed E-state index contributed by atoms with van der Waals surface area (Å²) in [5, 5.41) is 3.69. The van der Waals surface area contributed by atoms with E-state index >= 15 is 0 Å². The first-order valence-electron chi connectivity index (χ1n) is 13.2. The van der Waals surface area contributed by atoms with Crippen molar-refractivity contribution in [2.75, 3.05) is 13.1 Å². The molecule has 2 aromatic heterocycles. The fraction of sp³-hybridized carbons (Fsp3) is 0.267. The number of alkyl halides is 3. The van der Waals surface area contributed by atoms with Gasteiger partial charge in [-0.25, -0.2) is 22.5 Å². The van der Waals surface area contributed by atoms with Crippen molar-refractivity contribution < 1.29 is 30.8 Å². The summed E-state index contributed by atoms with van der Waals surface area (Å²) >= 11 is 0. The lowest BCUT2D eigenvalue weighted by Gasteiger charge is -2.44. The van der Waals surface area contributed by atoms with E-state index in [0.29, 0.717) is 28.6 Å². The van der Waals surface area contributed by atoms with Gasteiger partial charge in [-0.2, -0.15) is 22.6 Å². The first-order chi connectivity index (χ1) is 20.3. The quantitative estimate of drug-likeness (QED) is 0.150. The molecule has 0 unspecified atom stereocenters. The summed E-state index contributed by atoms with van der Waals surface area (Å²) in [5.74, 6) is -0.892. The molecule has 0 bridgehead atoms. The van der Waals surface area contributed by atoms with Crippen LogP contribution in [0.2, 0.25) is 0 Å². The van der Waals surface area contributed by atoms with Gasteiger partial charge in [-0.05, 0) is 87.5 Å². The van der Waals surface area contributed by atoms with Crippen molar-refractivity contribution in [1.82, 2.24) is 19.1 Å². The zero-order chi connectivity index (χ0) is 31.2. The summed E-state index contributed by atoms with van der Waals surface area (Å²) in [4.78, 5) is 21.7. The number of halogens is 4. The Morgan fingerprint density at radius 1 is 1.16 bits per heavy atom. The molecule has 2 aliphatic rings. The first-order valence-corrected chi connectivity index (χ1v) is 14.7. The van der Waals surface area contributed by atoms with Crippen LogP contribution in [0.4, 0.5) is 17.6 Å². The summed E-state index contributed by atoms with van der Waals surface area (Å²) in [7, 11) is -4.54. The Kier molecular flexibility index (Phi) is 7.82. The summed E-state index contributed by atoms with van der Waals surface area (Å²) in [6, 6.07) is 8.41. The third-order valence-corrected chi connectivity index (χ3v) is 9.48. The second-order valence-corrected chi connectivity index (χ2v) is 12.3. The fourth-order valence-corrected chi connectivity index (χ4v) is 6.84. The van der Waals surface area contributed by atoms with Gasteiger partial charge in [0, 0.05) is 13.1 Å². The number of carbonyl (C=O) groups is 1. The van der Waals surface area contributed by atoms with E-state index in [1.54, 1.807) is 55.1 Å². The summed E-state index contributed by atoms with van der Waals surface area (Å²) in [6.45, 7) is 6.66. The van der Waals surface area contributed by atoms with E-state index in [1.807, 2.05) is 0 Å². The SMILES string of the molecule is C=N/C(=C\C(C)=C/C)C(=O)[C@]12Cc3cnn(-c4ccc(F)cc4)c3C=C1CCN(S(=O)(=O)c1cccc(C(F)(F)F)n1)C2. The van der Waals surface area contributed by atoms with E-state index in [9.17, 15) is 30.8 Å². The van der Waals surface area contributed by atoms with Gasteiger partial charge in [-0.3, -0.25) is 9.79 Å². The van der Waals surface area contributed by atoms with Gasteiger partial charge < -0.3 is 0 Å². The number of benzene rings is 1. The van der Waals surface area contributed by atoms with E-state index in [2.05, 4.69) is 21.8 Å². The molecule has 3 heterocycles. The summed E-state index contributed by atoms with van der Waals surface area (Å²) in [5.41, 5.74) is 0.453. The number of hydrogen-bond acceptors (Lipinski definition) is 6. The second kappa shape index (κ2) is 11.1. The van der Waals surface area contributed by atoms with Crippen molar-refractivity contribution in [3.05, 3.63) is 100 Å². The topological polar surface area (TPSA) is 97.5 Å². The molecule has 1 saturated heterocycles. The van der Waals surface area contributed by atoms with Crippen molar-refractivity contribution in [2.24, 2.45) is 10.4 Å². The summed E-state index contributed by atoms with van der Waals surface area (Å²) in [6.07, 6.45) is 1.97. The third-order valence-electron chi connectivity index (χ3n) is 7.73. The maximum absolute atomic E-state index is 14.3. The van der Waals surface area contributed by atoms with E-state index in [0.717, 1.165) is 22.0 Å². The molecule has 0 amide bonds. The van der Waals surface area contributed by atoms with Gasteiger partial charge in [0.1, 0.15) is 17.2 Å². The number of aliphatic imine (C=N–C) groups is 1. The second-order valence-electron chi connectivity index (χ2n) is 10.4. The highest BCUT2D eigenvalue weighted by Gasteiger charge is 2.52. The van der Waals surface area contributed by atoms with Gasteiger partial charge in [0.05, 0.1) is 23.0 Å². The van der Waals surface area contributed by atoms with Crippen molar-refractivity contribution in [2.45, 2.75) is 37.9 Å². The van der Waals surface area contributed by atoms with E-state index in [-0.39, 0.29) is 31.6 Å².